The van der Waals surface area contributed by atoms with Crippen molar-refractivity contribution in [2.24, 2.45) is 0 Å². The van der Waals surface area contributed by atoms with Crippen molar-refractivity contribution in [1.29, 1.82) is 4.78 Å². The molecule has 0 saturated carbocycles. The van der Waals surface area contributed by atoms with Crippen LogP contribution in [0.3, 0.4) is 0 Å². The fraction of sp³-hybridized carbons (Fsp3) is 0.176. The number of methoxy groups -OCH3 is 3. The summed E-state index contributed by atoms with van der Waals surface area (Å²) in [4.78, 5) is 0.334. The average molecular weight is 333 g/mol. The van der Waals surface area contributed by atoms with Crippen molar-refractivity contribution in [2.75, 3.05) is 21.3 Å². The lowest BCUT2D eigenvalue weighted by Crippen LogP contribution is -1.98. The smallest absolute Gasteiger partial charge is 0.136 e. The molecule has 5 nitrogen and oxygen atoms in total. The molecule has 2 aromatic carbocycles. The van der Waals surface area contributed by atoms with E-state index in [0.717, 1.165) is 0 Å². The van der Waals surface area contributed by atoms with Crippen molar-refractivity contribution in [2.45, 2.75) is 4.90 Å². The van der Waals surface area contributed by atoms with Crippen molar-refractivity contribution in [3.8, 4) is 17.2 Å². The zero-order chi connectivity index (χ0) is 16.9. The second-order valence-electron chi connectivity index (χ2n) is 4.66. The molecule has 0 fully saturated rings. The van der Waals surface area contributed by atoms with E-state index >= 15 is 0 Å². The van der Waals surface area contributed by atoms with Gasteiger partial charge in [0.1, 0.15) is 17.2 Å². The largest absolute Gasteiger partial charge is 0.497 e. The summed E-state index contributed by atoms with van der Waals surface area (Å²) in [6.07, 6.45) is 1.60. The Morgan fingerprint density at radius 3 is 2.30 bits per heavy atom. The first-order chi connectivity index (χ1) is 11.0. The van der Waals surface area contributed by atoms with Gasteiger partial charge < -0.3 is 14.2 Å². The SMILES string of the molecule is COc1ccc(OC)c(/C=C/S(=N)(=O)c2ccccc2OC)c1. The Hall–Kier alpha value is -2.47. The molecule has 0 bridgehead atoms. The van der Waals surface area contributed by atoms with E-state index in [2.05, 4.69) is 0 Å². The molecule has 0 aromatic heterocycles. The van der Waals surface area contributed by atoms with Crippen LogP contribution in [0, 0.1) is 4.78 Å². The van der Waals surface area contributed by atoms with E-state index in [-0.39, 0.29) is 0 Å². The quantitative estimate of drug-likeness (QED) is 0.873. The summed E-state index contributed by atoms with van der Waals surface area (Å²) in [6.45, 7) is 0. The summed E-state index contributed by atoms with van der Waals surface area (Å²) in [5, 5.41) is 1.35. The number of rotatable bonds is 6. The Balaban J connectivity index is 2.43. The van der Waals surface area contributed by atoms with E-state index < -0.39 is 9.73 Å². The Morgan fingerprint density at radius 2 is 1.65 bits per heavy atom. The maximum Gasteiger partial charge on any atom is 0.136 e. The van der Waals surface area contributed by atoms with Gasteiger partial charge in [0.15, 0.2) is 0 Å². The molecule has 0 amide bonds. The molecule has 1 atom stereocenters. The molecule has 0 aliphatic rings. The van der Waals surface area contributed by atoms with Crippen molar-refractivity contribution in [3.63, 3.8) is 0 Å². The monoisotopic (exact) mass is 333 g/mol. The highest BCUT2D eigenvalue weighted by Crippen LogP contribution is 2.28. The standard InChI is InChI=1S/C17H19NO4S/c1-20-14-8-9-15(21-2)13(12-14)10-11-23(18,19)17-7-5-4-6-16(17)22-3/h4-12,18H,1-3H3/b11-10+. The number of nitrogens with one attached hydrogen (secondary N) is 1. The molecule has 122 valence electrons. The lowest BCUT2D eigenvalue weighted by molar-refractivity contribution is 0.402. The van der Waals surface area contributed by atoms with Crippen LogP contribution in [0.1, 0.15) is 5.56 Å². The van der Waals surface area contributed by atoms with Crippen LogP contribution >= 0.6 is 0 Å². The molecule has 2 rings (SSSR count). The topological polar surface area (TPSA) is 68.6 Å². The Bertz CT molecular complexity index is 813. The highest BCUT2D eigenvalue weighted by Gasteiger charge is 2.12. The molecule has 6 heteroatoms. The minimum atomic E-state index is -3.15. The Kier molecular flexibility index (Phi) is 5.28. The van der Waals surface area contributed by atoms with Gasteiger partial charge in [-0.05, 0) is 36.4 Å². The van der Waals surface area contributed by atoms with Crippen LogP contribution in [0.2, 0.25) is 0 Å². The maximum absolute atomic E-state index is 12.7. The lowest BCUT2D eigenvalue weighted by Gasteiger charge is -2.09. The molecular formula is C17H19NO4S. The fourth-order valence-corrected chi connectivity index (χ4v) is 3.30. The number of benzene rings is 2. The van der Waals surface area contributed by atoms with Gasteiger partial charge in [-0.3, -0.25) is 0 Å². The molecule has 0 aliphatic heterocycles. The number of para-hydroxylation sites is 1. The van der Waals surface area contributed by atoms with Gasteiger partial charge in [-0.1, -0.05) is 12.1 Å². The van der Waals surface area contributed by atoms with Crippen LogP contribution in [0.4, 0.5) is 0 Å². The second-order valence-corrected chi connectivity index (χ2v) is 6.58. The third-order valence-electron chi connectivity index (χ3n) is 3.27. The minimum Gasteiger partial charge on any atom is -0.497 e. The summed E-state index contributed by atoms with van der Waals surface area (Å²) < 4.78 is 36.5. The molecule has 1 N–H and O–H groups in total. The summed E-state index contributed by atoms with van der Waals surface area (Å²) in [6, 6.07) is 12.1. The highest BCUT2D eigenvalue weighted by atomic mass is 32.2. The van der Waals surface area contributed by atoms with Crippen LogP contribution in [0.25, 0.3) is 6.08 Å². The van der Waals surface area contributed by atoms with E-state index in [1.54, 1.807) is 62.8 Å². The van der Waals surface area contributed by atoms with Crippen LogP contribution in [0.5, 0.6) is 17.2 Å². The zero-order valence-corrected chi connectivity index (χ0v) is 14.1. The van der Waals surface area contributed by atoms with Crippen molar-refractivity contribution in [1.82, 2.24) is 0 Å². The molecule has 1 unspecified atom stereocenters. The second kappa shape index (κ2) is 7.19. The molecule has 0 spiro atoms. The molecule has 0 saturated heterocycles. The van der Waals surface area contributed by atoms with Gasteiger partial charge in [0, 0.05) is 11.0 Å². The van der Waals surface area contributed by atoms with Gasteiger partial charge in [0.2, 0.25) is 0 Å². The van der Waals surface area contributed by atoms with E-state index in [9.17, 15) is 4.21 Å². The maximum atomic E-state index is 12.7. The molecule has 23 heavy (non-hydrogen) atoms. The van der Waals surface area contributed by atoms with Gasteiger partial charge >= 0.3 is 0 Å². The Morgan fingerprint density at radius 1 is 0.957 bits per heavy atom. The van der Waals surface area contributed by atoms with E-state index in [1.165, 1.54) is 12.5 Å². The van der Waals surface area contributed by atoms with Gasteiger partial charge in [-0.25, -0.2) is 8.99 Å². The van der Waals surface area contributed by atoms with Gasteiger partial charge in [0.05, 0.1) is 36.0 Å². The summed E-state index contributed by atoms with van der Waals surface area (Å²) in [5.41, 5.74) is 0.682. The summed E-state index contributed by atoms with van der Waals surface area (Å²) >= 11 is 0. The summed E-state index contributed by atoms with van der Waals surface area (Å²) in [7, 11) is 1.46. The van der Waals surface area contributed by atoms with Crippen molar-refractivity contribution < 1.29 is 18.4 Å². The normalized spacial score (nSPS) is 13.5. The first kappa shape index (κ1) is 16.9. The van der Waals surface area contributed by atoms with Crippen LogP contribution in [-0.4, -0.2) is 25.5 Å². The van der Waals surface area contributed by atoms with E-state index in [0.29, 0.717) is 27.7 Å². The molecule has 0 heterocycles. The predicted octanol–water partition coefficient (Wildman–Crippen LogP) is 3.79. The zero-order valence-electron chi connectivity index (χ0n) is 13.2. The lowest BCUT2D eigenvalue weighted by atomic mass is 10.2. The van der Waals surface area contributed by atoms with E-state index in [1.807, 2.05) is 0 Å². The molecule has 0 aliphatic carbocycles. The van der Waals surface area contributed by atoms with Crippen molar-refractivity contribution in [3.05, 3.63) is 53.4 Å². The van der Waals surface area contributed by atoms with Crippen molar-refractivity contribution >= 4 is 15.8 Å². The molecule has 0 radical (unpaired) electrons. The van der Waals surface area contributed by atoms with Crippen LogP contribution in [0.15, 0.2) is 52.8 Å². The average Bonchev–Trinajstić information content (AvgIpc) is 2.59. The first-order valence-corrected chi connectivity index (χ1v) is 8.46. The fourth-order valence-electron chi connectivity index (χ4n) is 2.08. The first-order valence-electron chi connectivity index (χ1n) is 6.84. The third kappa shape index (κ3) is 3.84. The van der Waals surface area contributed by atoms with Gasteiger partial charge in [0.25, 0.3) is 0 Å². The Labute approximate surface area is 136 Å². The molecule has 2 aromatic rings. The minimum absolute atomic E-state index is 0.334. The third-order valence-corrected chi connectivity index (χ3v) is 4.78. The van der Waals surface area contributed by atoms with E-state index in [4.69, 9.17) is 19.0 Å². The number of hydrogen-bond acceptors (Lipinski definition) is 5. The predicted molar refractivity (Wildman–Crippen MR) is 90.7 cm³/mol. The number of hydrogen-bond donors (Lipinski definition) is 1. The number of ether oxygens (including phenoxy) is 3. The summed E-state index contributed by atoms with van der Waals surface area (Å²) in [5.74, 6) is 1.69. The van der Waals surface area contributed by atoms with Crippen LogP contribution in [-0.2, 0) is 9.73 Å². The van der Waals surface area contributed by atoms with Gasteiger partial charge in [-0.2, -0.15) is 0 Å². The molecular weight excluding hydrogens is 314 g/mol. The highest BCUT2D eigenvalue weighted by molar-refractivity contribution is 7.95. The van der Waals surface area contributed by atoms with Gasteiger partial charge in [-0.15, -0.1) is 0 Å². The van der Waals surface area contributed by atoms with Crippen LogP contribution < -0.4 is 14.2 Å².